The lowest BCUT2D eigenvalue weighted by atomic mass is 10.1. The third-order valence-corrected chi connectivity index (χ3v) is 2.48. The van der Waals surface area contributed by atoms with Crippen LogP contribution >= 0.6 is 0 Å². The fraction of sp³-hybridized carbons (Fsp3) is 0.286. The van der Waals surface area contributed by atoms with E-state index in [1.54, 1.807) is 13.8 Å². The largest absolute Gasteiger partial charge is 0.465 e. The number of carbonyl (C=O) groups excluding carboxylic acids is 4. The molecular formula is C14H17N3O5. The Balaban J connectivity index is 2.57. The summed E-state index contributed by atoms with van der Waals surface area (Å²) in [6.07, 6.45) is 0. The minimum Gasteiger partial charge on any atom is -0.465 e. The third kappa shape index (κ3) is 4.89. The molecule has 0 aliphatic heterocycles. The summed E-state index contributed by atoms with van der Waals surface area (Å²) in [5.41, 5.74) is 4.59. The van der Waals surface area contributed by atoms with Crippen LogP contribution < -0.4 is 16.2 Å². The van der Waals surface area contributed by atoms with E-state index in [0.717, 1.165) is 0 Å². The van der Waals surface area contributed by atoms with Gasteiger partial charge in [0.15, 0.2) is 0 Å². The topological polar surface area (TPSA) is 114 Å². The molecule has 0 unspecified atom stereocenters. The van der Waals surface area contributed by atoms with Gasteiger partial charge < -0.3 is 10.1 Å². The first-order chi connectivity index (χ1) is 10.3. The highest BCUT2D eigenvalue weighted by molar-refractivity contribution is 6.35. The number of hydrogen-bond acceptors (Lipinski definition) is 5. The Morgan fingerprint density at radius 2 is 1.45 bits per heavy atom. The Labute approximate surface area is 127 Å². The van der Waals surface area contributed by atoms with Crippen LogP contribution in [0.3, 0.4) is 0 Å². The molecule has 0 fully saturated rings. The number of nitrogens with one attached hydrogen (secondary N) is 3. The molecule has 3 amide bonds. The van der Waals surface area contributed by atoms with Crippen molar-refractivity contribution in [2.24, 2.45) is 0 Å². The molecule has 0 aliphatic carbocycles. The predicted octanol–water partition coefficient (Wildman–Crippen LogP) is -0.241. The van der Waals surface area contributed by atoms with E-state index in [9.17, 15) is 19.2 Å². The molecule has 0 spiro atoms. The highest BCUT2D eigenvalue weighted by Crippen LogP contribution is 2.05. The average Bonchev–Trinajstić information content (AvgIpc) is 2.50. The molecule has 8 nitrogen and oxygen atoms in total. The predicted molar refractivity (Wildman–Crippen MR) is 76.7 cm³/mol. The number of benzene rings is 1. The number of carbonyl (C=O) groups is 4. The average molecular weight is 307 g/mol. The molecule has 0 bridgehead atoms. The maximum Gasteiger partial charge on any atom is 0.337 e. The van der Waals surface area contributed by atoms with E-state index in [-0.39, 0.29) is 11.6 Å². The Morgan fingerprint density at radius 1 is 0.909 bits per heavy atom. The van der Waals surface area contributed by atoms with Gasteiger partial charge in [0.2, 0.25) is 0 Å². The van der Waals surface area contributed by atoms with Crippen LogP contribution in [-0.2, 0) is 14.3 Å². The zero-order valence-electron chi connectivity index (χ0n) is 12.4. The summed E-state index contributed by atoms with van der Waals surface area (Å²) in [5, 5.41) is 2.38. The van der Waals surface area contributed by atoms with E-state index < -0.39 is 23.7 Å². The van der Waals surface area contributed by atoms with Gasteiger partial charge in [-0.1, -0.05) is 0 Å². The van der Waals surface area contributed by atoms with E-state index in [1.165, 1.54) is 31.4 Å². The number of hydrazine groups is 1. The molecule has 0 atom stereocenters. The van der Waals surface area contributed by atoms with Crippen molar-refractivity contribution in [3.63, 3.8) is 0 Å². The number of ether oxygens (including phenoxy) is 1. The molecule has 22 heavy (non-hydrogen) atoms. The van der Waals surface area contributed by atoms with E-state index in [0.29, 0.717) is 5.56 Å². The van der Waals surface area contributed by atoms with E-state index in [2.05, 4.69) is 15.5 Å². The molecule has 0 aliphatic rings. The molecule has 3 N–H and O–H groups in total. The first-order valence-electron chi connectivity index (χ1n) is 6.44. The second-order valence-electron chi connectivity index (χ2n) is 4.61. The normalized spacial score (nSPS) is 9.82. The SMILES string of the molecule is COC(=O)c1ccc(C(=O)NNC(=O)C(=O)NC(C)C)cc1. The van der Waals surface area contributed by atoms with Gasteiger partial charge in [0.25, 0.3) is 5.91 Å². The van der Waals surface area contributed by atoms with Gasteiger partial charge in [-0.2, -0.15) is 0 Å². The maximum absolute atomic E-state index is 11.8. The van der Waals surface area contributed by atoms with Crippen LogP contribution in [0.5, 0.6) is 0 Å². The van der Waals surface area contributed by atoms with Crippen LogP contribution in [0.15, 0.2) is 24.3 Å². The minimum absolute atomic E-state index is 0.195. The first-order valence-corrected chi connectivity index (χ1v) is 6.44. The molecule has 1 aromatic carbocycles. The zero-order chi connectivity index (χ0) is 16.7. The molecule has 1 rings (SSSR count). The molecule has 118 valence electrons. The summed E-state index contributed by atoms with van der Waals surface area (Å²) in [4.78, 5) is 45.7. The van der Waals surface area contributed by atoms with Crippen molar-refractivity contribution in [3.05, 3.63) is 35.4 Å². The summed E-state index contributed by atoms with van der Waals surface area (Å²) < 4.78 is 4.53. The molecule has 0 aromatic heterocycles. The summed E-state index contributed by atoms with van der Waals surface area (Å²) >= 11 is 0. The monoisotopic (exact) mass is 307 g/mol. The highest BCUT2D eigenvalue weighted by atomic mass is 16.5. The van der Waals surface area contributed by atoms with Crippen molar-refractivity contribution in [3.8, 4) is 0 Å². The van der Waals surface area contributed by atoms with Crippen LogP contribution in [0.4, 0.5) is 0 Å². The number of methoxy groups -OCH3 is 1. The molecular weight excluding hydrogens is 290 g/mol. The van der Waals surface area contributed by atoms with Gasteiger partial charge in [0.1, 0.15) is 0 Å². The first kappa shape index (κ1) is 17.2. The Hall–Kier alpha value is -2.90. The zero-order valence-corrected chi connectivity index (χ0v) is 12.4. The number of hydrogen-bond donors (Lipinski definition) is 3. The van der Waals surface area contributed by atoms with Crippen LogP contribution in [-0.4, -0.2) is 36.8 Å². The highest BCUT2D eigenvalue weighted by Gasteiger charge is 2.15. The summed E-state index contributed by atoms with van der Waals surface area (Å²) in [6.45, 7) is 3.40. The van der Waals surface area contributed by atoms with Crippen molar-refractivity contribution in [1.82, 2.24) is 16.2 Å². The fourth-order valence-electron chi connectivity index (χ4n) is 1.45. The Kier molecular flexibility index (Phi) is 6.06. The van der Waals surface area contributed by atoms with Gasteiger partial charge in [-0.3, -0.25) is 25.2 Å². The van der Waals surface area contributed by atoms with Crippen molar-refractivity contribution >= 4 is 23.7 Å². The molecule has 8 heteroatoms. The fourth-order valence-corrected chi connectivity index (χ4v) is 1.45. The van der Waals surface area contributed by atoms with Gasteiger partial charge in [0.05, 0.1) is 12.7 Å². The summed E-state index contributed by atoms with van der Waals surface area (Å²) in [5.74, 6) is -2.97. The lowest BCUT2D eigenvalue weighted by Gasteiger charge is -2.09. The number of rotatable bonds is 3. The quantitative estimate of drug-likeness (QED) is 0.405. The van der Waals surface area contributed by atoms with Gasteiger partial charge >= 0.3 is 17.8 Å². The van der Waals surface area contributed by atoms with Crippen LogP contribution in [0.1, 0.15) is 34.6 Å². The van der Waals surface area contributed by atoms with E-state index in [4.69, 9.17) is 0 Å². The summed E-state index contributed by atoms with van der Waals surface area (Å²) in [6, 6.07) is 5.41. The second-order valence-corrected chi connectivity index (χ2v) is 4.61. The number of esters is 1. The summed E-state index contributed by atoms with van der Waals surface area (Å²) in [7, 11) is 1.25. The molecule has 1 aromatic rings. The van der Waals surface area contributed by atoms with Crippen molar-refractivity contribution in [2.75, 3.05) is 7.11 Å². The molecule has 0 radical (unpaired) electrons. The van der Waals surface area contributed by atoms with Crippen LogP contribution in [0.2, 0.25) is 0 Å². The molecule has 0 saturated heterocycles. The standard InChI is InChI=1S/C14H17N3O5/c1-8(2)15-12(19)13(20)17-16-11(18)9-4-6-10(7-5-9)14(21)22-3/h4-8H,1-3H3,(H,15,19)(H,16,18)(H,17,20). The van der Waals surface area contributed by atoms with E-state index >= 15 is 0 Å². The second kappa shape index (κ2) is 7.77. The Bertz CT molecular complexity index is 581. The smallest absolute Gasteiger partial charge is 0.337 e. The van der Waals surface area contributed by atoms with Gasteiger partial charge in [0, 0.05) is 11.6 Å². The van der Waals surface area contributed by atoms with Gasteiger partial charge in [-0.25, -0.2) is 4.79 Å². The number of amides is 3. The van der Waals surface area contributed by atoms with Crippen molar-refractivity contribution in [1.29, 1.82) is 0 Å². The molecule has 0 saturated carbocycles. The molecule has 0 heterocycles. The lowest BCUT2D eigenvalue weighted by Crippen LogP contribution is -2.49. The van der Waals surface area contributed by atoms with Crippen LogP contribution in [0.25, 0.3) is 0 Å². The van der Waals surface area contributed by atoms with Crippen molar-refractivity contribution < 1.29 is 23.9 Å². The van der Waals surface area contributed by atoms with Crippen LogP contribution in [0, 0.1) is 0 Å². The van der Waals surface area contributed by atoms with E-state index in [1.807, 2.05) is 5.43 Å². The van der Waals surface area contributed by atoms with Gasteiger partial charge in [-0.05, 0) is 38.1 Å². The Morgan fingerprint density at radius 3 is 1.95 bits per heavy atom. The van der Waals surface area contributed by atoms with Gasteiger partial charge in [-0.15, -0.1) is 0 Å². The minimum atomic E-state index is -0.978. The lowest BCUT2D eigenvalue weighted by molar-refractivity contribution is -0.139. The third-order valence-electron chi connectivity index (χ3n) is 2.48. The maximum atomic E-state index is 11.8. The van der Waals surface area contributed by atoms with Crippen molar-refractivity contribution in [2.45, 2.75) is 19.9 Å².